The Hall–Kier alpha value is -2.40. The molecule has 0 aliphatic heterocycles. The number of nitrogens with zero attached hydrogens (tertiary/aromatic N) is 1. The van der Waals surface area contributed by atoms with Gasteiger partial charge in [0.25, 0.3) is 5.91 Å². The predicted octanol–water partition coefficient (Wildman–Crippen LogP) is 3.19. The van der Waals surface area contributed by atoms with E-state index in [2.05, 4.69) is 10.3 Å². The van der Waals surface area contributed by atoms with Gasteiger partial charge in [-0.3, -0.25) is 9.78 Å². The number of aliphatic hydroxyl groups is 1. The Kier molecular flexibility index (Phi) is 6.53. The third kappa shape index (κ3) is 6.55. The minimum atomic E-state index is -0.387. The molecule has 1 aromatic carbocycles. The molecule has 2 N–H and O–H groups in total. The predicted molar refractivity (Wildman–Crippen MR) is 97.4 cm³/mol. The Morgan fingerprint density at radius 3 is 2.56 bits per heavy atom. The van der Waals surface area contributed by atoms with Crippen LogP contribution >= 0.6 is 0 Å². The quantitative estimate of drug-likeness (QED) is 0.773. The first-order valence-electron chi connectivity index (χ1n) is 8.45. The molecule has 0 radical (unpaired) electrons. The molecule has 0 bridgehead atoms. The van der Waals surface area contributed by atoms with Crippen molar-refractivity contribution in [2.75, 3.05) is 6.54 Å². The maximum absolute atomic E-state index is 12.2. The topological polar surface area (TPSA) is 71.5 Å². The first-order chi connectivity index (χ1) is 11.9. The summed E-state index contributed by atoms with van der Waals surface area (Å²) in [5.74, 6) is 0.562. The van der Waals surface area contributed by atoms with Crippen molar-refractivity contribution in [2.45, 2.75) is 39.9 Å². The van der Waals surface area contributed by atoms with Crippen molar-refractivity contribution in [1.82, 2.24) is 10.3 Å². The normalized spacial score (nSPS) is 12.5. The average Bonchev–Trinajstić information content (AvgIpc) is 2.58. The molecule has 2 rings (SSSR count). The number of carbonyl (C=O) groups excluding carboxylic acids is 1. The third-order valence-corrected chi connectivity index (χ3v) is 3.80. The molecule has 25 heavy (non-hydrogen) atoms. The van der Waals surface area contributed by atoms with Gasteiger partial charge in [0.1, 0.15) is 12.4 Å². The number of hydrogen-bond donors (Lipinski definition) is 2. The third-order valence-electron chi connectivity index (χ3n) is 3.80. The van der Waals surface area contributed by atoms with Crippen LogP contribution in [-0.4, -0.2) is 28.6 Å². The first kappa shape index (κ1) is 18.9. The highest BCUT2D eigenvalue weighted by molar-refractivity contribution is 5.94. The summed E-state index contributed by atoms with van der Waals surface area (Å²) >= 11 is 0. The van der Waals surface area contributed by atoms with Crippen molar-refractivity contribution in [3.05, 3.63) is 59.9 Å². The highest BCUT2D eigenvalue weighted by Crippen LogP contribution is 2.21. The molecule has 0 aliphatic rings. The van der Waals surface area contributed by atoms with Crippen LogP contribution in [0.1, 0.15) is 43.2 Å². The highest BCUT2D eigenvalue weighted by Gasteiger charge is 2.21. The molecule has 0 spiro atoms. The van der Waals surface area contributed by atoms with Gasteiger partial charge in [0.15, 0.2) is 0 Å². The number of aromatic nitrogens is 1. The van der Waals surface area contributed by atoms with E-state index in [9.17, 15) is 9.90 Å². The minimum Gasteiger partial charge on any atom is -0.487 e. The van der Waals surface area contributed by atoms with Crippen LogP contribution in [0.25, 0.3) is 0 Å². The number of amides is 1. The summed E-state index contributed by atoms with van der Waals surface area (Å²) in [6.45, 7) is 6.70. The second-order valence-electron chi connectivity index (χ2n) is 7.03. The van der Waals surface area contributed by atoms with Crippen molar-refractivity contribution in [3.63, 3.8) is 0 Å². The summed E-state index contributed by atoms with van der Waals surface area (Å²) in [7, 11) is 0. The van der Waals surface area contributed by atoms with Crippen LogP contribution in [0, 0.1) is 5.41 Å². The zero-order valence-corrected chi connectivity index (χ0v) is 15.0. The minimum absolute atomic E-state index is 0.130. The lowest BCUT2D eigenvalue weighted by Gasteiger charge is -2.26. The summed E-state index contributed by atoms with van der Waals surface area (Å²) in [5, 5.41) is 12.4. The van der Waals surface area contributed by atoms with Gasteiger partial charge in [-0.1, -0.05) is 19.9 Å². The molecule has 0 saturated heterocycles. The van der Waals surface area contributed by atoms with Crippen molar-refractivity contribution < 1.29 is 14.6 Å². The van der Waals surface area contributed by atoms with Crippen LogP contribution in [0.3, 0.4) is 0 Å². The molecule has 1 unspecified atom stereocenters. The smallest absolute Gasteiger partial charge is 0.251 e. The standard InChI is InChI=1S/C20H26N2O3/c1-15(23)12-20(2,3)14-22-19(24)16-7-9-18(10-8-16)25-13-17-6-4-5-11-21-17/h4-11,15,23H,12-14H2,1-3H3,(H,22,24). The molecule has 0 saturated carbocycles. The Bertz CT molecular complexity index is 667. The fourth-order valence-corrected chi connectivity index (χ4v) is 2.64. The highest BCUT2D eigenvalue weighted by atomic mass is 16.5. The van der Waals surface area contributed by atoms with Crippen LogP contribution in [0.4, 0.5) is 0 Å². The lowest BCUT2D eigenvalue weighted by molar-refractivity contribution is 0.0902. The molecular weight excluding hydrogens is 316 g/mol. The van der Waals surface area contributed by atoms with E-state index in [1.165, 1.54) is 0 Å². The van der Waals surface area contributed by atoms with Gasteiger partial charge in [-0.05, 0) is 55.2 Å². The van der Waals surface area contributed by atoms with Crippen molar-refractivity contribution in [2.24, 2.45) is 5.41 Å². The Morgan fingerprint density at radius 1 is 1.24 bits per heavy atom. The Balaban J connectivity index is 1.85. The van der Waals surface area contributed by atoms with Gasteiger partial charge in [-0.15, -0.1) is 0 Å². The van der Waals surface area contributed by atoms with E-state index in [0.29, 0.717) is 30.9 Å². The molecule has 0 aliphatic carbocycles. The fourth-order valence-electron chi connectivity index (χ4n) is 2.64. The fraction of sp³-hybridized carbons (Fsp3) is 0.400. The first-order valence-corrected chi connectivity index (χ1v) is 8.45. The molecule has 2 aromatic rings. The van der Waals surface area contributed by atoms with E-state index >= 15 is 0 Å². The number of carbonyl (C=O) groups is 1. The zero-order valence-electron chi connectivity index (χ0n) is 15.0. The monoisotopic (exact) mass is 342 g/mol. The molecule has 134 valence electrons. The lowest BCUT2D eigenvalue weighted by Crippen LogP contribution is -2.35. The van der Waals surface area contributed by atoms with Gasteiger partial charge in [-0.2, -0.15) is 0 Å². The second-order valence-corrected chi connectivity index (χ2v) is 7.03. The van der Waals surface area contributed by atoms with Gasteiger partial charge in [0.2, 0.25) is 0 Å². The molecule has 5 nitrogen and oxygen atoms in total. The number of benzene rings is 1. The van der Waals surface area contributed by atoms with Crippen LogP contribution < -0.4 is 10.1 Å². The van der Waals surface area contributed by atoms with Crippen LogP contribution in [0.15, 0.2) is 48.7 Å². The summed E-state index contributed by atoms with van der Waals surface area (Å²) in [4.78, 5) is 16.4. The zero-order chi connectivity index (χ0) is 18.3. The van der Waals surface area contributed by atoms with Crippen LogP contribution in [-0.2, 0) is 6.61 Å². The van der Waals surface area contributed by atoms with E-state index in [1.807, 2.05) is 32.0 Å². The van der Waals surface area contributed by atoms with Gasteiger partial charge in [-0.25, -0.2) is 0 Å². The number of rotatable bonds is 8. The van der Waals surface area contributed by atoms with E-state index in [4.69, 9.17) is 4.74 Å². The molecule has 1 aromatic heterocycles. The van der Waals surface area contributed by atoms with E-state index in [-0.39, 0.29) is 17.4 Å². The maximum atomic E-state index is 12.2. The SMILES string of the molecule is CC(O)CC(C)(C)CNC(=O)c1ccc(OCc2ccccn2)cc1. The van der Waals surface area contributed by atoms with Crippen LogP contribution in [0.2, 0.25) is 0 Å². The number of aliphatic hydroxyl groups excluding tert-OH is 1. The molecule has 0 fully saturated rings. The van der Waals surface area contributed by atoms with E-state index in [0.717, 1.165) is 5.69 Å². The lowest BCUT2D eigenvalue weighted by atomic mass is 9.87. The largest absolute Gasteiger partial charge is 0.487 e. The second kappa shape index (κ2) is 8.62. The molecule has 1 amide bonds. The molecule has 5 heteroatoms. The van der Waals surface area contributed by atoms with Gasteiger partial charge in [0, 0.05) is 18.3 Å². The maximum Gasteiger partial charge on any atom is 0.251 e. The Morgan fingerprint density at radius 2 is 1.96 bits per heavy atom. The summed E-state index contributed by atoms with van der Waals surface area (Å²) < 4.78 is 5.66. The van der Waals surface area contributed by atoms with E-state index in [1.54, 1.807) is 37.4 Å². The van der Waals surface area contributed by atoms with E-state index < -0.39 is 0 Å². The van der Waals surface area contributed by atoms with Crippen LogP contribution in [0.5, 0.6) is 5.75 Å². The Labute approximate surface area is 149 Å². The number of pyridine rings is 1. The van der Waals surface area contributed by atoms with Gasteiger partial charge in [0.05, 0.1) is 11.8 Å². The number of hydrogen-bond acceptors (Lipinski definition) is 4. The van der Waals surface area contributed by atoms with Gasteiger partial charge < -0.3 is 15.2 Å². The number of nitrogens with one attached hydrogen (secondary N) is 1. The van der Waals surface area contributed by atoms with Crippen molar-refractivity contribution >= 4 is 5.91 Å². The summed E-state index contributed by atoms with van der Waals surface area (Å²) in [5.41, 5.74) is 1.28. The average molecular weight is 342 g/mol. The summed E-state index contributed by atoms with van der Waals surface area (Å²) in [6.07, 6.45) is 1.97. The van der Waals surface area contributed by atoms with Gasteiger partial charge >= 0.3 is 0 Å². The summed E-state index contributed by atoms with van der Waals surface area (Å²) in [6, 6.07) is 12.7. The molecule has 1 atom stereocenters. The number of ether oxygens (including phenoxy) is 1. The molecular formula is C20H26N2O3. The van der Waals surface area contributed by atoms with Crippen molar-refractivity contribution in [1.29, 1.82) is 0 Å². The molecule has 1 heterocycles. The van der Waals surface area contributed by atoms with Crippen molar-refractivity contribution in [3.8, 4) is 5.75 Å².